The van der Waals surface area contributed by atoms with Crippen molar-refractivity contribution in [2.45, 2.75) is 13.8 Å². The first-order valence-corrected chi connectivity index (χ1v) is 15.8. The molecule has 0 spiro atoms. The molecule has 230 valence electrons. The maximum absolute atomic E-state index is 6.05. The van der Waals surface area contributed by atoms with Crippen molar-refractivity contribution >= 4 is 0 Å². The highest BCUT2D eigenvalue weighted by Crippen LogP contribution is 2.31. The number of benzene rings is 6. The Labute approximate surface area is 278 Å². The van der Waals surface area contributed by atoms with Crippen LogP contribution in [0.15, 0.2) is 154 Å². The summed E-state index contributed by atoms with van der Waals surface area (Å²) in [7, 11) is 0. The summed E-state index contributed by atoms with van der Waals surface area (Å²) in [6.45, 7) is 4.18. The molecule has 0 saturated heterocycles. The summed E-state index contributed by atoms with van der Waals surface area (Å²) in [5.41, 5.74) is 12.7. The molecule has 0 aliphatic rings. The zero-order chi connectivity index (χ0) is 32.5. The lowest BCUT2D eigenvalue weighted by atomic mass is 10.0. The van der Waals surface area contributed by atoms with Crippen molar-refractivity contribution in [2.24, 2.45) is 0 Å². The highest BCUT2D eigenvalue weighted by Gasteiger charge is 2.13. The molecule has 2 heterocycles. The van der Waals surface area contributed by atoms with E-state index in [0.29, 0.717) is 23.6 Å². The van der Waals surface area contributed by atoms with E-state index in [2.05, 4.69) is 131 Å². The second-order valence-corrected chi connectivity index (χ2v) is 11.9. The summed E-state index contributed by atoms with van der Waals surface area (Å²) in [5, 5.41) is 17.2. The fourth-order valence-corrected chi connectivity index (χ4v) is 5.63. The normalized spacial score (nSPS) is 11.1. The van der Waals surface area contributed by atoms with Gasteiger partial charge in [-0.1, -0.05) is 108 Å². The van der Waals surface area contributed by atoms with Gasteiger partial charge >= 0.3 is 0 Å². The van der Waals surface area contributed by atoms with Crippen LogP contribution in [0.2, 0.25) is 0 Å². The van der Waals surface area contributed by atoms with Crippen LogP contribution in [0.25, 0.3) is 79.2 Å². The third-order valence-corrected chi connectivity index (χ3v) is 8.48. The smallest absolute Gasteiger partial charge is 0.248 e. The van der Waals surface area contributed by atoms with E-state index in [4.69, 9.17) is 8.83 Å². The van der Waals surface area contributed by atoms with Crippen LogP contribution in [0.5, 0.6) is 0 Å². The third kappa shape index (κ3) is 5.95. The second-order valence-electron chi connectivity index (χ2n) is 11.9. The first-order valence-electron chi connectivity index (χ1n) is 15.8. The van der Waals surface area contributed by atoms with Crippen LogP contribution in [-0.2, 0) is 0 Å². The van der Waals surface area contributed by atoms with Gasteiger partial charge in [-0.2, -0.15) is 0 Å². The van der Waals surface area contributed by atoms with E-state index in [1.807, 2.05) is 48.5 Å². The van der Waals surface area contributed by atoms with Gasteiger partial charge in [0, 0.05) is 22.3 Å². The van der Waals surface area contributed by atoms with Crippen LogP contribution < -0.4 is 0 Å². The van der Waals surface area contributed by atoms with E-state index >= 15 is 0 Å². The lowest BCUT2D eigenvalue weighted by Gasteiger charge is -2.04. The van der Waals surface area contributed by atoms with E-state index in [1.165, 1.54) is 22.3 Å². The number of hydrogen-bond acceptors (Lipinski definition) is 6. The van der Waals surface area contributed by atoms with E-state index in [9.17, 15) is 0 Å². The highest BCUT2D eigenvalue weighted by atomic mass is 16.4. The SMILES string of the molecule is Cc1ccc(-c2ccc(-c3nnc(-c4ccc(-c5ccc(-c6nnc(-c7ccc(-c8ccc(C)cc8)cc7)o6)cc5)cc4)o3)cc2)cc1. The molecule has 8 rings (SSSR count). The molecule has 6 nitrogen and oxygen atoms in total. The van der Waals surface area contributed by atoms with Crippen LogP contribution in [-0.4, -0.2) is 20.4 Å². The minimum absolute atomic E-state index is 0.478. The maximum Gasteiger partial charge on any atom is 0.248 e. The van der Waals surface area contributed by atoms with Gasteiger partial charge in [0.2, 0.25) is 23.6 Å². The molecule has 0 bridgehead atoms. The molecule has 2 aromatic heterocycles. The van der Waals surface area contributed by atoms with Crippen molar-refractivity contribution in [1.29, 1.82) is 0 Å². The molecule has 6 aromatic carbocycles. The van der Waals surface area contributed by atoms with Gasteiger partial charge in [0.05, 0.1) is 0 Å². The molecule has 8 aromatic rings. The van der Waals surface area contributed by atoms with Crippen LogP contribution in [0.1, 0.15) is 11.1 Å². The third-order valence-electron chi connectivity index (χ3n) is 8.48. The van der Waals surface area contributed by atoms with Crippen molar-refractivity contribution in [3.63, 3.8) is 0 Å². The summed E-state index contributed by atoms with van der Waals surface area (Å²) >= 11 is 0. The maximum atomic E-state index is 6.05. The van der Waals surface area contributed by atoms with Crippen molar-refractivity contribution < 1.29 is 8.83 Å². The predicted molar refractivity (Wildman–Crippen MR) is 190 cm³/mol. The molecule has 0 saturated carbocycles. The zero-order valence-electron chi connectivity index (χ0n) is 26.5. The standard InChI is InChI=1S/C42H30N4O2/c1-27-3-7-29(8-4-27)31-11-19-35(20-12-31)39-43-45-41(47-39)37-23-15-33(16-24-37)34-17-25-38(26-18-34)42-46-44-40(48-42)36-21-13-32(14-22-36)30-9-5-28(2)6-10-30/h3-26H,1-2H3. The molecule has 0 atom stereocenters. The topological polar surface area (TPSA) is 77.8 Å². The Morgan fingerprint density at radius 1 is 0.250 bits per heavy atom. The Balaban J connectivity index is 0.934. The van der Waals surface area contributed by atoms with Gasteiger partial charge in [0.25, 0.3) is 0 Å². The van der Waals surface area contributed by atoms with Crippen LogP contribution in [0, 0.1) is 13.8 Å². The number of nitrogens with zero attached hydrogens (tertiary/aromatic N) is 4. The second kappa shape index (κ2) is 12.4. The largest absolute Gasteiger partial charge is 0.416 e. The molecule has 48 heavy (non-hydrogen) atoms. The van der Waals surface area contributed by atoms with Gasteiger partial charge in [-0.15, -0.1) is 20.4 Å². The van der Waals surface area contributed by atoms with E-state index < -0.39 is 0 Å². The minimum atomic E-state index is 0.478. The molecular formula is C42H30N4O2. The minimum Gasteiger partial charge on any atom is -0.416 e. The number of hydrogen-bond donors (Lipinski definition) is 0. The number of aromatic nitrogens is 4. The lowest BCUT2D eigenvalue weighted by molar-refractivity contribution is 0.584. The summed E-state index contributed by atoms with van der Waals surface area (Å²) in [6, 6.07) is 49.5. The number of aryl methyl sites for hydroxylation is 2. The van der Waals surface area contributed by atoms with Gasteiger partial charge in [-0.3, -0.25) is 0 Å². The summed E-state index contributed by atoms with van der Waals surface area (Å²) in [6.07, 6.45) is 0. The van der Waals surface area contributed by atoms with Crippen LogP contribution in [0.4, 0.5) is 0 Å². The Kier molecular flexibility index (Phi) is 7.51. The van der Waals surface area contributed by atoms with Gasteiger partial charge in [-0.25, -0.2) is 0 Å². The quantitative estimate of drug-likeness (QED) is 0.176. The zero-order valence-corrected chi connectivity index (χ0v) is 26.5. The predicted octanol–water partition coefficient (Wildman–Crippen LogP) is 10.7. The molecule has 0 radical (unpaired) electrons. The van der Waals surface area contributed by atoms with Gasteiger partial charge in [-0.05, 0) is 95.8 Å². The van der Waals surface area contributed by atoms with Crippen molar-refractivity contribution in [1.82, 2.24) is 20.4 Å². The molecular weight excluding hydrogens is 592 g/mol. The first-order chi connectivity index (χ1) is 23.6. The fourth-order valence-electron chi connectivity index (χ4n) is 5.63. The number of rotatable bonds is 7. The van der Waals surface area contributed by atoms with Crippen LogP contribution in [0.3, 0.4) is 0 Å². The van der Waals surface area contributed by atoms with Gasteiger partial charge < -0.3 is 8.83 Å². The Hall–Kier alpha value is -6.40. The Bertz CT molecular complexity index is 2130. The van der Waals surface area contributed by atoms with Crippen molar-refractivity contribution in [2.75, 3.05) is 0 Å². The molecule has 0 fully saturated rings. The summed E-state index contributed by atoms with van der Waals surface area (Å²) in [5.74, 6) is 1.94. The molecule has 0 unspecified atom stereocenters. The summed E-state index contributed by atoms with van der Waals surface area (Å²) in [4.78, 5) is 0. The Morgan fingerprint density at radius 3 is 0.625 bits per heavy atom. The monoisotopic (exact) mass is 622 g/mol. The molecule has 6 heteroatoms. The Morgan fingerprint density at radius 2 is 0.417 bits per heavy atom. The first kappa shape index (κ1) is 29.0. The van der Waals surface area contributed by atoms with Crippen LogP contribution >= 0.6 is 0 Å². The average molecular weight is 623 g/mol. The average Bonchev–Trinajstić information content (AvgIpc) is 3.84. The van der Waals surface area contributed by atoms with Gasteiger partial charge in [0.15, 0.2) is 0 Å². The highest BCUT2D eigenvalue weighted by molar-refractivity contribution is 5.72. The molecule has 0 aliphatic heterocycles. The van der Waals surface area contributed by atoms with Crippen molar-refractivity contribution in [3.05, 3.63) is 157 Å². The fraction of sp³-hybridized carbons (Fsp3) is 0.0476. The van der Waals surface area contributed by atoms with E-state index in [-0.39, 0.29) is 0 Å². The molecule has 0 aliphatic carbocycles. The summed E-state index contributed by atoms with van der Waals surface area (Å²) < 4.78 is 12.1. The molecule has 0 N–H and O–H groups in total. The van der Waals surface area contributed by atoms with Gasteiger partial charge in [0.1, 0.15) is 0 Å². The van der Waals surface area contributed by atoms with Crippen molar-refractivity contribution in [3.8, 4) is 79.2 Å². The molecule has 0 amide bonds. The van der Waals surface area contributed by atoms with E-state index in [1.54, 1.807) is 0 Å². The lowest BCUT2D eigenvalue weighted by Crippen LogP contribution is -1.82. The van der Waals surface area contributed by atoms with E-state index in [0.717, 1.165) is 44.5 Å².